The second-order valence-corrected chi connectivity index (χ2v) is 4.53. The molecule has 100 valence electrons. The van der Waals surface area contributed by atoms with E-state index in [4.69, 9.17) is 5.11 Å². The van der Waals surface area contributed by atoms with Crippen LogP contribution in [0.5, 0.6) is 5.75 Å². The second kappa shape index (κ2) is 4.70. The summed E-state index contributed by atoms with van der Waals surface area (Å²) in [6, 6.07) is 10.3. The molecule has 0 fully saturated rings. The fourth-order valence-corrected chi connectivity index (χ4v) is 2.11. The fourth-order valence-electron chi connectivity index (χ4n) is 2.11. The van der Waals surface area contributed by atoms with Crippen molar-refractivity contribution in [2.75, 3.05) is 0 Å². The predicted molar refractivity (Wildman–Crippen MR) is 73.1 cm³/mol. The number of hydrogen-bond donors (Lipinski definition) is 2. The monoisotopic (exact) mass is 268 g/mol. The minimum Gasteiger partial charge on any atom is -0.508 e. The van der Waals surface area contributed by atoms with E-state index < -0.39 is 5.97 Å². The lowest BCUT2D eigenvalue weighted by Crippen LogP contribution is -1.97. The zero-order valence-electron chi connectivity index (χ0n) is 10.5. The van der Waals surface area contributed by atoms with E-state index in [9.17, 15) is 9.90 Å². The zero-order valence-corrected chi connectivity index (χ0v) is 10.5. The zero-order chi connectivity index (χ0) is 14.1. The first-order valence-corrected chi connectivity index (χ1v) is 6.11. The van der Waals surface area contributed by atoms with Crippen molar-refractivity contribution in [3.8, 4) is 5.75 Å². The number of phenolic OH excluding ortho intramolecular Hbond substituents is 1. The lowest BCUT2D eigenvalue weighted by molar-refractivity contribution is 0.0696. The molecule has 0 saturated carbocycles. The Morgan fingerprint density at radius 3 is 2.70 bits per heavy atom. The van der Waals surface area contributed by atoms with Crippen LogP contribution in [0.3, 0.4) is 0 Å². The Morgan fingerprint density at radius 2 is 1.95 bits per heavy atom. The molecule has 0 radical (unpaired) electrons. The van der Waals surface area contributed by atoms with Gasteiger partial charge in [-0.25, -0.2) is 9.78 Å². The number of carboxylic acids is 1. The van der Waals surface area contributed by atoms with E-state index in [0.29, 0.717) is 12.1 Å². The maximum atomic E-state index is 10.9. The van der Waals surface area contributed by atoms with Crippen molar-refractivity contribution < 1.29 is 15.0 Å². The highest BCUT2D eigenvalue weighted by Gasteiger charge is 2.08. The number of hydrogen-bond acceptors (Lipinski definition) is 3. The highest BCUT2D eigenvalue weighted by atomic mass is 16.4. The van der Waals surface area contributed by atoms with Gasteiger partial charge in [0.05, 0.1) is 11.3 Å². The average Bonchev–Trinajstić information content (AvgIpc) is 2.82. The van der Waals surface area contributed by atoms with Gasteiger partial charge in [-0.05, 0) is 23.8 Å². The van der Waals surface area contributed by atoms with Gasteiger partial charge in [0, 0.05) is 18.8 Å². The normalized spacial score (nSPS) is 10.8. The van der Waals surface area contributed by atoms with E-state index >= 15 is 0 Å². The summed E-state index contributed by atoms with van der Waals surface area (Å²) in [4.78, 5) is 15.3. The molecule has 0 aliphatic rings. The summed E-state index contributed by atoms with van der Waals surface area (Å²) in [7, 11) is 0. The third-order valence-corrected chi connectivity index (χ3v) is 3.11. The highest BCUT2D eigenvalue weighted by molar-refractivity contribution is 5.87. The van der Waals surface area contributed by atoms with E-state index in [0.717, 1.165) is 11.3 Å². The van der Waals surface area contributed by atoms with Crippen molar-refractivity contribution in [3.63, 3.8) is 0 Å². The lowest BCUT2D eigenvalue weighted by atomic mass is 10.1. The van der Waals surface area contributed by atoms with Crippen LogP contribution < -0.4 is 0 Å². The molecule has 5 heteroatoms. The standard InChI is InChI=1S/C15H12N2O3/c18-13-4-2-1-3-10(13)7-12-9-17-8-11(15(19)20)5-6-14(17)16-12/h1-6,8-9,18H,7H2,(H,19,20). The molecule has 0 spiro atoms. The number of para-hydroxylation sites is 1. The molecule has 0 aliphatic carbocycles. The number of carbonyl (C=O) groups is 1. The third-order valence-electron chi connectivity index (χ3n) is 3.11. The molecule has 0 atom stereocenters. The number of aromatic nitrogens is 2. The van der Waals surface area contributed by atoms with E-state index in [1.807, 2.05) is 12.1 Å². The van der Waals surface area contributed by atoms with E-state index in [2.05, 4.69) is 4.98 Å². The first-order valence-electron chi connectivity index (χ1n) is 6.11. The summed E-state index contributed by atoms with van der Waals surface area (Å²) in [5.74, 6) is -0.737. The molecule has 20 heavy (non-hydrogen) atoms. The van der Waals surface area contributed by atoms with Crippen molar-refractivity contribution >= 4 is 11.6 Å². The van der Waals surface area contributed by atoms with Gasteiger partial charge in [0.15, 0.2) is 0 Å². The Kier molecular flexibility index (Phi) is 2.87. The van der Waals surface area contributed by atoms with Crippen molar-refractivity contribution in [1.82, 2.24) is 9.38 Å². The average molecular weight is 268 g/mol. The number of rotatable bonds is 3. The van der Waals surface area contributed by atoms with E-state index in [1.165, 1.54) is 12.3 Å². The maximum absolute atomic E-state index is 10.9. The van der Waals surface area contributed by atoms with Crippen LogP contribution >= 0.6 is 0 Å². The van der Waals surface area contributed by atoms with Crippen LogP contribution in [0.1, 0.15) is 21.6 Å². The minimum absolute atomic E-state index is 0.212. The van der Waals surface area contributed by atoms with Gasteiger partial charge in [-0.3, -0.25) is 0 Å². The predicted octanol–water partition coefficient (Wildman–Crippen LogP) is 2.33. The lowest BCUT2D eigenvalue weighted by Gasteiger charge is -2.00. The Morgan fingerprint density at radius 1 is 1.15 bits per heavy atom. The number of fused-ring (bicyclic) bond motifs is 1. The second-order valence-electron chi connectivity index (χ2n) is 4.53. The van der Waals surface area contributed by atoms with Crippen molar-refractivity contribution in [2.24, 2.45) is 0 Å². The molecule has 3 aromatic rings. The van der Waals surface area contributed by atoms with Crippen LogP contribution in [0.4, 0.5) is 0 Å². The first-order chi connectivity index (χ1) is 9.63. The molecule has 0 saturated heterocycles. The molecule has 2 aromatic heterocycles. The van der Waals surface area contributed by atoms with Crippen molar-refractivity contribution in [1.29, 1.82) is 0 Å². The minimum atomic E-state index is -0.970. The van der Waals surface area contributed by atoms with Crippen LogP contribution in [0.15, 0.2) is 48.8 Å². The van der Waals surface area contributed by atoms with Crippen molar-refractivity contribution in [2.45, 2.75) is 6.42 Å². The number of carboxylic acid groups (broad SMARTS) is 1. The number of benzene rings is 1. The van der Waals surface area contributed by atoms with Crippen molar-refractivity contribution in [3.05, 3.63) is 65.6 Å². The van der Waals surface area contributed by atoms with Gasteiger partial charge in [0.1, 0.15) is 11.4 Å². The molecular weight excluding hydrogens is 256 g/mol. The number of nitrogens with zero attached hydrogens (tertiary/aromatic N) is 2. The van der Waals surface area contributed by atoms with Crippen LogP contribution in [-0.4, -0.2) is 25.6 Å². The van der Waals surface area contributed by atoms with Crippen LogP contribution in [0, 0.1) is 0 Å². The summed E-state index contributed by atoms with van der Waals surface area (Å²) in [6.07, 6.45) is 3.80. The molecule has 0 unspecified atom stereocenters. The van der Waals surface area contributed by atoms with Gasteiger partial charge in [-0.1, -0.05) is 18.2 Å². The van der Waals surface area contributed by atoms with Gasteiger partial charge in [-0.15, -0.1) is 0 Å². The van der Waals surface area contributed by atoms with E-state index in [1.54, 1.807) is 28.8 Å². The Bertz CT molecular complexity index is 793. The van der Waals surface area contributed by atoms with Crippen LogP contribution in [0.25, 0.3) is 5.65 Å². The Labute approximate surface area is 114 Å². The van der Waals surface area contributed by atoms with Gasteiger partial charge >= 0.3 is 5.97 Å². The molecule has 0 aliphatic heterocycles. The topological polar surface area (TPSA) is 74.8 Å². The summed E-state index contributed by atoms with van der Waals surface area (Å²) in [6.45, 7) is 0. The smallest absolute Gasteiger partial charge is 0.337 e. The number of aromatic hydroxyl groups is 1. The quantitative estimate of drug-likeness (QED) is 0.764. The molecule has 0 amide bonds. The number of imidazole rings is 1. The number of aromatic carboxylic acids is 1. The molecule has 5 nitrogen and oxygen atoms in total. The van der Waals surface area contributed by atoms with E-state index in [-0.39, 0.29) is 11.3 Å². The summed E-state index contributed by atoms with van der Waals surface area (Å²) in [5.41, 5.74) is 2.45. The number of pyridine rings is 1. The molecule has 1 aromatic carbocycles. The highest BCUT2D eigenvalue weighted by Crippen LogP contribution is 2.19. The van der Waals surface area contributed by atoms with Gasteiger partial charge in [0.2, 0.25) is 0 Å². The molecule has 0 bridgehead atoms. The molecule has 2 heterocycles. The fraction of sp³-hybridized carbons (Fsp3) is 0.0667. The first kappa shape index (κ1) is 12.2. The summed E-state index contributed by atoms with van der Waals surface area (Å²) in [5, 5.41) is 18.7. The molecule has 2 N–H and O–H groups in total. The molecular formula is C15H12N2O3. The largest absolute Gasteiger partial charge is 0.508 e. The Balaban J connectivity index is 1.97. The van der Waals surface area contributed by atoms with Crippen LogP contribution in [-0.2, 0) is 6.42 Å². The van der Waals surface area contributed by atoms with Gasteiger partial charge in [0.25, 0.3) is 0 Å². The van der Waals surface area contributed by atoms with Gasteiger partial charge in [-0.2, -0.15) is 0 Å². The van der Waals surface area contributed by atoms with Gasteiger partial charge < -0.3 is 14.6 Å². The third kappa shape index (κ3) is 2.21. The summed E-state index contributed by atoms with van der Waals surface area (Å²) >= 11 is 0. The Hall–Kier alpha value is -2.82. The summed E-state index contributed by atoms with van der Waals surface area (Å²) < 4.78 is 1.68. The van der Waals surface area contributed by atoms with Crippen LogP contribution in [0.2, 0.25) is 0 Å². The number of phenols is 1. The SMILES string of the molecule is O=C(O)c1ccc2nc(Cc3ccccc3O)cn2c1. The maximum Gasteiger partial charge on any atom is 0.337 e. The molecule has 3 rings (SSSR count).